The third kappa shape index (κ3) is 2.39. The number of rotatable bonds is 3. The van der Waals surface area contributed by atoms with Gasteiger partial charge in [0.1, 0.15) is 0 Å². The number of nitrogens with zero attached hydrogens (tertiary/aromatic N) is 3. The van der Waals surface area contributed by atoms with Gasteiger partial charge in [-0.2, -0.15) is 16.7 Å². The Hall–Kier alpha value is -0.590. The zero-order valence-corrected chi connectivity index (χ0v) is 10.5. The van der Waals surface area contributed by atoms with E-state index in [-0.39, 0.29) is 12.1 Å². The van der Waals surface area contributed by atoms with Crippen LogP contribution in [0, 0.1) is 0 Å². The Morgan fingerprint density at radius 2 is 2.50 bits per heavy atom. The van der Waals surface area contributed by atoms with Crippen molar-refractivity contribution in [2.45, 2.75) is 25.4 Å². The van der Waals surface area contributed by atoms with Gasteiger partial charge in [-0.25, -0.2) is 0 Å². The normalized spacial score (nSPS) is 24.6. The molecule has 6 heteroatoms. The van der Waals surface area contributed by atoms with E-state index in [2.05, 4.69) is 22.1 Å². The predicted octanol–water partition coefficient (Wildman–Crippen LogP) is 1.20. The third-order valence-electron chi connectivity index (χ3n) is 2.91. The number of nitrogens with two attached hydrogens (primary N) is 1. The Morgan fingerprint density at radius 3 is 3.19 bits per heavy atom. The first-order chi connectivity index (χ1) is 7.72. The molecule has 2 rings (SSSR count). The minimum atomic E-state index is -0.136. The van der Waals surface area contributed by atoms with Crippen LogP contribution in [0.5, 0.6) is 0 Å². The van der Waals surface area contributed by atoms with Gasteiger partial charge in [0, 0.05) is 18.1 Å². The Morgan fingerprint density at radius 1 is 1.69 bits per heavy atom. The van der Waals surface area contributed by atoms with E-state index >= 15 is 0 Å². The van der Waals surface area contributed by atoms with Crippen LogP contribution in [0.2, 0.25) is 0 Å². The lowest BCUT2D eigenvalue weighted by Crippen LogP contribution is -2.33. The summed E-state index contributed by atoms with van der Waals surface area (Å²) in [5, 5.41) is 4.04. The van der Waals surface area contributed by atoms with Gasteiger partial charge >= 0.3 is 0 Å². The van der Waals surface area contributed by atoms with Crippen molar-refractivity contribution in [1.29, 1.82) is 0 Å². The number of thioether (sulfide) groups is 1. The minimum absolute atomic E-state index is 0.136. The van der Waals surface area contributed by atoms with E-state index in [0.717, 1.165) is 24.5 Å². The van der Waals surface area contributed by atoms with Crippen molar-refractivity contribution in [3.8, 4) is 0 Å². The van der Waals surface area contributed by atoms with E-state index in [1.807, 2.05) is 18.7 Å². The Balaban J connectivity index is 2.11. The summed E-state index contributed by atoms with van der Waals surface area (Å²) in [5.74, 6) is 3.53. The summed E-state index contributed by atoms with van der Waals surface area (Å²) in [7, 11) is 2.10. The van der Waals surface area contributed by atoms with Gasteiger partial charge in [-0.05, 0) is 13.5 Å². The van der Waals surface area contributed by atoms with Crippen LogP contribution in [0.15, 0.2) is 4.52 Å². The van der Waals surface area contributed by atoms with Gasteiger partial charge in [-0.15, -0.1) is 0 Å². The van der Waals surface area contributed by atoms with Crippen LogP contribution in [-0.2, 0) is 0 Å². The fraction of sp³-hybridized carbons (Fsp3) is 0.800. The van der Waals surface area contributed by atoms with Crippen molar-refractivity contribution in [2.75, 3.05) is 25.1 Å². The maximum absolute atomic E-state index is 5.86. The molecule has 0 saturated carbocycles. The van der Waals surface area contributed by atoms with Crippen molar-refractivity contribution in [3.05, 3.63) is 11.7 Å². The molecule has 5 nitrogen and oxygen atoms in total. The van der Waals surface area contributed by atoms with Crippen LogP contribution < -0.4 is 5.73 Å². The Kier molecular flexibility index (Phi) is 3.83. The highest BCUT2D eigenvalue weighted by Gasteiger charge is 2.26. The topological polar surface area (TPSA) is 68.2 Å². The van der Waals surface area contributed by atoms with Crippen molar-refractivity contribution < 1.29 is 4.52 Å². The standard InChI is InChI=1S/C10H18N4OS/c1-3-7(11)10-12-9(13-15-10)8-6-16-5-4-14(8)2/h7-8H,3-6,11H2,1-2H3. The number of aromatic nitrogens is 2. The maximum atomic E-state index is 5.86. The molecule has 1 saturated heterocycles. The molecule has 90 valence electrons. The van der Waals surface area contributed by atoms with Gasteiger partial charge in [-0.3, -0.25) is 4.90 Å². The average Bonchev–Trinajstić information content (AvgIpc) is 2.78. The molecular formula is C10H18N4OS. The molecule has 2 atom stereocenters. The van der Waals surface area contributed by atoms with E-state index in [4.69, 9.17) is 10.3 Å². The van der Waals surface area contributed by atoms with E-state index < -0.39 is 0 Å². The molecule has 0 amide bonds. The van der Waals surface area contributed by atoms with Crippen LogP contribution in [0.25, 0.3) is 0 Å². The fourth-order valence-corrected chi connectivity index (χ4v) is 2.88. The lowest BCUT2D eigenvalue weighted by Gasteiger charge is -2.29. The van der Waals surface area contributed by atoms with Gasteiger partial charge in [0.25, 0.3) is 0 Å². The highest BCUT2D eigenvalue weighted by molar-refractivity contribution is 7.99. The first kappa shape index (κ1) is 11.9. The van der Waals surface area contributed by atoms with E-state index in [1.54, 1.807) is 0 Å². The molecule has 2 N–H and O–H groups in total. The Bertz CT molecular complexity index is 343. The molecule has 0 bridgehead atoms. The summed E-state index contributed by atoms with van der Waals surface area (Å²) in [4.78, 5) is 6.66. The van der Waals surface area contributed by atoms with Crippen LogP contribution in [-0.4, -0.2) is 40.1 Å². The van der Waals surface area contributed by atoms with Crippen LogP contribution in [0.3, 0.4) is 0 Å². The summed E-state index contributed by atoms with van der Waals surface area (Å²) < 4.78 is 5.20. The largest absolute Gasteiger partial charge is 0.338 e. The molecule has 1 fully saturated rings. The second-order valence-corrected chi connectivity index (χ2v) is 5.23. The summed E-state index contributed by atoms with van der Waals surface area (Å²) in [6, 6.07) is 0.128. The number of hydrogen-bond acceptors (Lipinski definition) is 6. The molecule has 1 aromatic rings. The van der Waals surface area contributed by atoms with Crippen molar-refractivity contribution in [1.82, 2.24) is 15.0 Å². The molecule has 2 unspecified atom stereocenters. The van der Waals surface area contributed by atoms with Crippen molar-refractivity contribution in [3.63, 3.8) is 0 Å². The zero-order chi connectivity index (χ0) is 11.5. The molecule has 2 heterocycles. The molecule has 0 aliphatic carbocycles. The van der Waals surface area contributed by atoms with E-state index in [0.29, 0.717) is 5.89 Å². The Labute approximate surface area is 99.8 Å². The highest BCUT2D eigenvalue weighted by atomic mass is 32.2. The summed E-state index contributed by atoms with van der Waals surface area (Å²) in [6.45, 7) is 3.08. The van der Waals surface area contributed by atoms with Crippen molar-refractivity contribution >= 4 is 11.8 Å². The predicted molar refractivity (Wildman–Crippen MR) is 64.2 cm³/mol. The smallest absolute Gasteiger partial charge is 0.243 e. The molecule has 16 heavy (non-hydrogen) atoms. The summed E-state index contributed by atoms with van der Waals surface area (Å²) >= 11 is 1.93. The van der Waals surface area contributed by atoms with Gasteiger partial charge in [-0.1, -0.05) is 12.1 Å². The molecule has 1 aliphatic rings. The number of hydrogen-bond donors (Lipinski definition) is 1. The van der Waals surface area contributed by atoms with Crippen LogP contribution >= 0.6 is 11.8 Å². The average molecular weight is 242 g/mol. The lowest BCUT2D eigenvalue weighted by atomic mass is 10.2. The van der Waals surface area contributed by atoms with E-state index in [9.17, 15) is 0 Å². The monoisotopic (exact) mass is 242 g/mol. The highest BCUT2D eigenvalue weighted by Crippen LogP contribution is 2.26. The SMILES string of the molecule is CCC(N)c1nc(C2CSCCN2C)no1. The fourth-order valence-electron chi connectivity index (χ4n) is 1.67. The molecular weight excluding hydrogens is 224 g/mol. The second-order valence-electron chi connectivity index (χ2n) is 4.08. The minimum Gasteiger partial charge on any atom is -0.338 e. The first-order valence-corrected chi connectivity index (χ1v) is 6.75. The first-order valence-electron chi connectivity index (χ1n) is 5.59. The lowest BCUT2D eigenvalue weighted by molar-refractivity contribution is 0.256. The van der Waals surface area contributed by atoms with Gasteiger partial charge < -0.3 is 10.3 Å². The third-order valence-corrected chi connectivity index (χ3v) is 3.93. The van der Waals surface area contributed by atoms with Gasteiger partial charge in [0.2, 0.25) is 5.89 Å². The second kappa shape index (κ2) is 5.16. The van der Waals surface area contributed by atoms with E-state index in [1.165, 1.54) is 5.75 Å². The molecule has 0 spiro atoms. The summed E-state index contributed by atoms with van der Waals surface area (Å²) in [5.41, 5.74) is 5.86. The van der Waals surface area contributed by atoms with Crippen LogP contribution in [0.4, 0.5) is 0 Å². The maximum Gasteiger partial charge on any atom is 0.243 e. The van der Waals surface area contributed by atoms with Crippen LogP contribution in [0.1, 0.15) is 37.1 Å². The zero-order valence-electron chi connectivity index (χ0n) is 9.72. The molecule has 0 radical (unpaired) electrons. The van der Waals surface area contributed by atoms with Gasteiger partial charge in [0.15, 0.2) is 5.82 Å². The molecule has 1 aliphatic heterocycles. The molecule has 1 aromatic heterocycles. The van der Waals surface area contributed by atoms with Crippen molar-refractivity contribution in [2.24, 2.45) is 5.73 Å². The molecule has 0 aromatic carbocycles. The van der Waals surface area contributed by atoms with Gasteiger partial charge in [0.05, 0.1) is 12.1 Å². The summed E-state index contributed by atoms with van der Waals surface area (Å²) in [6.07, 6.45) is 0.816. The quantitative estimate of drug-likeness (QED) is 0.859.